The third-order valence-electron chi connectivity index (χ3n) is 4.04. The average Bonchev–Trinajstić information content (AvgIpc) is 2.85. The Hall–Kier alpha value is -2.41. The molecular weight excluding hydrogens is 324 g/mol. The van der Waals surface area contributed by atoms with Gasteiger partial charge in [-0.25, -0.2) is 4.98 Å². The van der Waals surface area contributed by atoms with E-state index >= 15 is 0 Å². The Balaban J connectivity index is 1.64. The van der Waals surface area contributed by atoms with Crippen molar-refractivity contribution in [2.24, 2.45) is 0 Å². The van der Waals surface area contributed by atoms with E-state index < -0.39 is 6.04 Å². The number of aromatic nitrogens is 1. The number of anilines is 3. The molecule has 6 nitrogen and oxygen atoms in total. The van der Waals surface area contributed by atoms with Gasteiger partial charge in [0, 0.05) is 22.7 Å². The Morgan fingerprint density at radius 3 is 2.83 bits per heavy atom. The number of nitrogens with zero attached hydrogens (tertiary/aromatic N) is 1. The zero-order chi connectivity index (χ0) is 17.3. The second-order valence-corrected chi connectivity index (χ2v) is 7.14. The summed E-state index contributed by atoms with van der Waals surface area (Å²) in [4.78, 5) is 29.1. The van der Waals surface area contributed by atoms with Crippen LogP contribution in [0.5, 0.6) is 0 Å². The van der Waals surface area contributed by atoms with Crippen molar-refractivity contribution in [3.05, 3.63) is 34.3 Å². The third kappa shape index (κ3) is 3.56. The van der Waals surface area contributed by atoms with Gasteiger partial charge in [0.05, 0.1) is 5.69 Å². The Morgan fingerprint density at radius 2 is 2.12 bits per heavy atom. The maximum Gasteiger partial charge on any atom is 0.248 e. The largest absolute Gasteiger partial charge is 0.374 e. The number of nitrogens with one attached hydrogen (secondary N) is 3. The van der Waals surface area contributed by atoms with Crippen LogP contribution in [0.4, 0.5) is 16.5 Å². The molecule has 0 bridgehead atoms. The fraction of sp³-hybridized carbons (Fsp3) is 0.353. The van der Waals surface area contributed by atoms with Crippen LogP contribution in [-0.4, -0.2) is 22.8 Å². The van der Waals surface area contributed by atoms with E-state index in [1.807, 2.05) is 39.0 Å². The predicted octanol–water partition coefficient (Wildman–Crippen LogP) is 3.08. The van der Waals surface area contributed by atoms with Crippen LogP contribution in [0.2, 0.25) is 0 Å². The van der Waals surface area contributed by atoms with Gasteiger partial charge < -0.3 is 16.0 Å². The van der Waals surface area contributed by atoms with Crippen molar-refractivity contribution in [3.8, 4) is 0 Å². The lowest BCUT2D eigenvalue weighted by Gasteiger charge is -2.19. The van der Waals surface area contributed by atoms with Gasteiger partial charge in [-0.15, -0.1) is 11.3 Å². The van der Waals surface area contributed by atoms with Gasteiger partial charge in [0.1, 0.15) is 6.04 Å². The van der Waals surface area contributed by atoms with E-state index in [0.717, 1.165) is 33.9 Å². The molecule has 126 valence electrons. The second-order valence-electron chi connectivity index (χ2n) is 5.94. The number of hydrogen-bond acceptors (Lipinski definition) is 5. The first-order valence-electron chi connectivity index (χ1n) is 7.86. The molecule has 24 heavy (non-hydrogen) atoms. The fourth-order valence-electron chi connectivity index (χ4n) is 2.53. The van der Waals surface area contributed by atoms with Crippen LogP contribution < -0.4 is 16.0 Å². The summed E-state index contributed by atoms with van der Waals surface area (Å²) in [6.07, 6.45) is 1.21. The van der Waals surface area contributed by atoms with Gasteiger partial charge in [-0.2, -0.15) is 0 Å². The number of aryl methyl sites for hydroxylation is 3. The molecule has 0 saturated carbocycles. The monoisotopic (exact) mass is 344 g/mol. The van der Waals surface area contributed by atoms with E-state index in [1.54, 1.807) is 0 Å². The summed E-state index contributed by atoms with van der Waals surface area (Å²) in [6, 6.07) is 5.32. The molecule has 0 unspecified atom stereocenters. The van der Waals surface area contributed by atoms with Crippen molar-refractivity contribution in [3.63, 3.8) is 0 Å². The van der Waals surface area contributed by atoms with Gasteiger partial charge in [-0.05, 0) is 51.0 Å². The molecule has 0 radical (unpaired) electrons. The standard InChI is InChI=1S/C17H20N4O2S/c1-9-11(3)24-17(19-9)21-16(23)10(2)18-13-5-6-14-12(8-13)4-7-15(22)20-14/h5-6,8,10,18H,4,7H2,1-3H3,(H,20,22)(H,19,21,23)/t10-/m1/s1. The lowest BCUT2D eigenvalue weighted by Crippen LogP contribution is -2.32. The minimum atomic E-state index is -0.397. The summed E-state index contributed by atoms with van der Waals surface area (Å²) in [5.41, 5.74) is 3.73. The maximum absolute atomic E-state index is 12.3. The van der Waals surface area contributed by atoms with E-state index in [-0.39, 0.29) is 11.8 Å². The lowest BCUT2D eigenvalue weighted by atomic mass is 10.0. The van der Waals surface area contributed by atoms with E-state index in [2.05, 4.69) is 20.9 Å². The molecule has 3 N–H and O–H groups in total. The molecule has 3 rings (SSSR count). The second kappa shape index (κ2) is 6.60. The van der Waals surface area contributed by atoms with E-state index in [0.29, 0.717) is 11.6 Å². The first-order valence-corrected chi connectivity index (χ1v) is 8.68. The Kier molecular flexibility index (Phi) is 4.53. The van der Waals surface area contributed by atoms with Crippen molar-refractivity contribution in [2.45, 2.75) is 39.7 Å². The van der Waals surface area contributed by atoms with Gasteiger partial charge >= 0.3 is 0 Å². The number of rotatable bonds is 4. The summed E-state index contributed by atoms with van der Waals surface area (Å²) in [7, 11) is 0. The molecule has 1 aromatic carbocycles. The molecule has 2 amide bonds. The summed E-state index contributed by atoms with van der Waals surface area (Å²) < 4.78 is 0. The molecule has 1 aromatic heterocycles. The van der Waals surface area contributed by atoms with Gasteiger partial charge in [0.25, 0.3) is 0 Å². The summed E-state index contributed by atoms with van der Waals surface area (Å²) in [6.45, 7) is 5.72. The van der Waals surface area contributed by atoms with Crippen LogP contribution >= 0.6 is 11.3 Å². The van der Waals surface area contributed by atoms with Crippen molar-refractivity contribution in [1.29, 1.82) is 0 Å². The number of amides is 2. The van der Waals surface area contributed by atoms with Crippen molar-refractivity contribution < 1.29 is 9.59 Å². The van der Waals surface area contributed by atoms with Crippen LogP contribution in [0.1, 0.15) is 29.5 Å². The SMILES string of the molecule is Cc1nc(NC(=O)[C@@H](C)Nc2ccc3c(c2)CCC(=O)N3)sc1C. The molecule has 0 aliphatic carbocycles. The molecule has 1 aliphatic heterocycles. The molecular formula is C17H20N4O2S. The molecule has 7 heteroatoms. The number of fused-ring (bicyclic) bond motifs is 1. The smallest absolute Gasteiger partial charge is 0.248 e. The van der Waals surface area contributed by atoms with Crippen LogP contribution in [0.25, 0.3) is 0 Å². The van der Waals surface area contributed by atoms with Gasteiger partial charge in [0.15, 0.2) is 5.13 Å². The normalized spacial score (nSPS) is 14.5. The van der Waals surface area contributed by atoms with Gasteiger partial charge in [-0.3, -0.25) is 9.59 Å². The van der Waals surface area contributed by atoms with E-state index in [9.17, 15) is 9.59 Å². The quantitative estimate of drug-likeness (QED) is 0.796. The molecule has 2 aromatic rings. The molecule has 0 saturated heterocycles. The maximum atomic E-state index is 12.3. The van der Waals surface area contributed by atoms with Crippen molar-refractivity contribution in [2.75, 3.05) is 16.0 Å². The highest BCUT2D eigenvalue weighted by atomic mass is 32.1. The first kappa shape index (κ1) is 16.4. The number of carbonyl (C=O) groups excluding carboxylic acids is 2. The molecule has 1 atom stereocenters. The predicted molar refractivity (Wildman–Crippen MR) is 96.7 cm³/mol. The molecule has 0 spiro atoms. The minimum absolute atomic E-state index is 0.0463. The van der Waals surface area contributed by atoms with E-state index in [1.165, 1.54) is 11.3 Å². The van der Waals surface area contributed by atoms with Crippen molar-refractivity contribution >= 4 is 39.7 Å². The van der Waals surface area contributed by atoms with Crippen LogP contribution in [0.3, 0.4) is 0 Å². The van der Waals surface area contributed by atoms with Crippen molar-refractivity contribution in [1.82, 2.24) is 4.98 Å². The van der Waals surface area contributed by atoms with Gasteiger partial charge in [-0.1, -0.05) is 0 Å². The topological polar surface area (TPSA) is 83.1 Å². The Labute approximate surface area is 144 Å². The number of thiazole rings is 1. The highest BCUT2D eigenvalue weighted by Gasteiger charge is 2.18. The Bertz CT molecular complexity index is 780. The van der Waals surface area contributed by atoms with Gasteiger partial charge in [0.2, 0.25) is 11.8 Å². The zero-order valence-electron chi connectivity index (χ0n) is 13.9. The highest BCUT2D eigenvalue weighted by Crippen LogP contribution is 2.26. The van der Waals surface area contributed by atoms with E-state index in [4.69, 9.17) is 0 Å². The summed E-state index contributed by atoms with van der Waals surface area (Å²) >= 11 is 1.47. The minimum Gasteiger partial charge on any atom is -0.374 e. The first-order chi connectivity index (χ1) is 11.4. The van der Waals surface area contributed by atoms with Crippen LogP contribution in [0, 0.1) is 13.8 Å². The third-order valence-corrected chi connectivity index (χ3v) is 5.02. The van der Waals surface area contributed by atoms with Crippen LogP contribution in [0.15, 0.2) is 18.2 Å². The molecule has 1 aliphatic rings. The average molecular weight is 344 g/mol. The Morgan fingerprint density at radius 1 is 1.33 bits per heavy atom. The fourth-order valence-corrected chi connectivity index (χ4v) is 3.35. The molecule has 0 fully saturated rings. The van der Waals surface area contributed by atoms with Crippen LogP contribution in [-0.2, 0) is 16.0 Å². The number of hydrogen-bond donors (Lipinski definition) is 3. The zero-order valence-corrected chi connectivity index (χ0v) is 14.7. The molecule has 2 heterocycles. The highest BCUT2D eigenvalue weighted by molar-refractivity contribution is 7.15. The summed E-state index contributed by atoms with van der Waals surface area (Å²) in [5, 5.41) is 9.51. The number of carbonyl (C=O) groups is 2. The number of benzene rings is 1. The summed E-state index contributed by atoms with van der Waals surface area (Å²) in [5.74, 6) is -0.0836. The lowest BCUT2D eigenvalue weighted by molar-refractivity contribution is -0.117.